The van der Waals surface area contributed by atoms with Gasteiger partial charge in [0.25, 0.3) is 0 Å². The number of halogens is 1. The number of nitrogens with one attached hydrogen (secondary N) is 1. The summed E-state index contributed by atoms with van der Waals surface area (Å²) in [6.07, 6.45) is 1.82. The zero-order valence-electron chi connectivity index (χ0n) is 11.0. The molecule has 0 saturated carbocycles. The van der Waals surface area contributed by atoms with Gasteiger partial charge in [-0.25, -0.2) is 0 Å². The maximum absolute atomic E-state index is 5.87. The molecule has 0 saturated heterocycles. The highest BCUT2D eigenvalue weighted by Gasteiger charge is 1.98. The number of nitrogens with zero attached hydrogens (tertiary/aromatic N) is 1. The van der Waals surface area contributed by atoms with Crippen LogP contribution in [-0.2, 0) is 13.1 Å². The highest BCUT2D eigenvalue weighted by molar-refractivity contribution is 6.30. The fourth-order valence-corrected chi connectivity index (χ4v) is 2.31. The third kappa shape index (κ3) is 3.16. The van der Waals surface area contributed by atoms with Crippen LogP contribution in [0.3, 0.4) is 0 Å². The Labute approximate surface area is 123 Å². The molecule has 0 aliphatic rings. The smallest absolute Gasteiger partial charge is 0.0702 e. The summed E-state index contributed by atoms with van der Waals surface area (Å²) in [5, 5.41) is 5.39. The third-order valence-corrected chi connectivity index (χ3v) is 3.49. The van der Waals surface area contributed by atoms with Crippen molar-refractivity contribution in [3.63, 3.8) is 0 Å². The number of benzene rings is 2. The fraction of sp³-hybridized carbons (Fsp3) is 0.118. The van der Waals surface area contributed by atoms with Crippen molar-refractivity contribution in [1.82, 2.24) is 10.3 Å². The summed E-state index contributed by atoms with van der Waals surface area (Å²) in [5.74, 6) is 0. The highest BCUT2D eigenvalue weighted by Crippen LogP contribution is 2.13. The van der Waals surface area contributed by atoms with Crippen molar-refractivity contribution in [2.24, 2.45) is 0 Å². The number of fused-ring (bicyclic) bond motifs is 1. The van der Waals surface area contributed by atoms with Crippen LogP contribution in [-0.4, -0.2) is 4.98 Å². The Bertz CT molecular complexity index is 708. The van der Waals surface area contributed by atoms with Crippen LogP contribution < -0.4 is 5.32 Å². The van der Waals surface area contributed by atoms with Gasteiger partial charge in [-0.1, -0.05) is 35.9 Å². The molecule has 0 bridgehead atoms. The lowest BCUT2D eigenvalue weighted by molar-refractivity contribution is 0.694. The van der Waals surface area contributed by atoms with E-state index in [9.17, 15) is 0 Å². The van der Waals surface area contributed by atoms with Crippen LogP contribution in [0.15, 0.2) is 60.8 Å². The summed E-state index contributed by atoms with van der Waals surface area (Å²) < 4.78 is 0. The van der Waals surface area contributed by atoms with Gasteiger partial charge in [0.05, 0.1) is 5.52 Å². The zero-order valence-corrected chi connectivity index (χ0v) is 11.8. The van der Waals surface area contributed by atoms with E-state index in [-0.39, 0.29) is 0 Å². The van der Waals surface area contributed by atoms with E-state index in [1.165, 1.54) is 16.5 Å². The minimum atomic E-state index is 0.774. The van der Waals surface area contributed by atoms with Crippen molar-refractivity contribution in [3.05, 3.63) is 76.9 Å². The molecule has 20 heavy (non-hydrogen) atoms. The maximum Gasteiger partial charge on any atom is 0.0702 e. The molecular formula is C17H15ClN2. The van der Waals surface area contributed by atoms with Gasteiger partial charge in [-0.3, -0.25) is 4.98 Å². The topological polar surface area (TPSA) is 24.9 Å². The zero-order chi connectivity index (χ0) is 13.8. The summed E-state index contributed by atoms with van der Waals surface area (Å²) >= 11 is 5.87. The first-order valence-electron chi connectivity index (χ1n) is 6.60. The minimum absolute atomic E-state index is 0.774. The molecule has 3 aromatic rings. The van der Waals surface area contributed by atoms with Crippen molar-refractivity contribution >= 4 is 22.5 Å². The normalized spacial score (nSPS) is 10.8. The lowest BCUT2D eigenvalue weighted by Crippen LogP contribution is -2.12. The van der Waals surface area contributed by atoms with Gasteiger partial charge in [0.1, 0.15) is 0 Å². The molecule has 1 aromatic heterocycles. The van der Waals surface area contributed by atoms with Crippen LogP contribution >= 0.6 is 11.6 Å². The van der Waals surface area contributed by atoms with Crippen molar-refractivity contribution in [1.29, 1.82) is 0 Å². The van der Waals surface area contributed by atoms with E-state index in [1.807, 2.05) is 36.5 Å². The fourth-order valence-electron chi connectivity index (χ4n) is 2.19. The van der Waals surface area contributed by atoms with E-state index in [0.29, 0.717) is 0 Å². The van der Waals surface area contributed by atoms with Gasteiger partial charge in [-0.05, 0) is 41.5 Å². The average Bonchev–Trinajstić information content (AvgIpc) is 2.49. The Morgan fingerprint density at radius 1 is 0.900 bits per heavy atom. The molecule has 0 amide bonds. The van der Waals surface area contributed by atoms with Gasteiger partial charge in [-0.2, -0.15) is 0 Å². The van der Waals surface area contributed by atoms with E-state index in [0.717, 1.165) is 23.6 Å². The maximum atomic E-state index is 5.87. The largest absolute Gasteiger partial charge is 0.309 e. The van der Waals surface area contributed by atoms with Gasteiger partial charge in [0, 0.05) is 29.7 Å². The van der Waals surface area contributed by atoms with Gasteiger partial charge in [0.15, 0.2) is 0 Å². The number of pyridine rings is 1. The molecule has 0 spiro atoms. The molecule has 0 atom stereocenters. The number of rotatable bonds is 4. The summed E-state index contributed by atoms with van der Waals surface area (Å²) in [6.45, 7) is 1.68. The van der Waals surface area contributed by atoms with Crippen LogP contribution in [0, 0.1) is 0 Å². The van der Waals surface area contributed by atoms with Crippen LogP contribution in [0.2, 0.25) is 5.02 Å². The Morgan fingerprint density at radius 2 is 1.65 bits per heavy atom. The minimum Gasteiger partial charge on any atom is -0.309 e. The molecule has 0 unspecified atom stereocenters. The van der Waals surface area contributed by atoms with E-state index < -0.39 is 0 Å². The SMILES string of the molecule is Clc1ccc(CNCc2ccc3ncccc3c2)cc1. The van der Waals surface area contributed by atoms with Crippen molar-refractivity contribution in [2.45, 2.75) is 13.1 Å². The predicted molar refractivity (Wildman–Crippen MR) is 83.7 cm³/mol. The lowest BCUT2D eigenvalue weighted by atomic mass is 10.1. The summed E-state index contributed by atoms with van der Waals surface area (Å²) in [6, 6.07) is 18.3. The Kier molecular flexibility index (Phi) is 3.95. The molecule has 2 aromatic carbocycles. The second-order valence-corrected chi connectivity index (χ2v) is 5.20. The monoisotopic (exact) mass is 282 g/mol. The molecule has 2 nitrogen and oxygen atoms in total. The Balaban J connectivity index is 1.63. The van der Waals surface area contributed by atoms with Crippen LogP contribution in [0.5, 0.6) is 0 Å². The average molecular weight is 283 g/mol. The lowest BCUT2D eigenvalue weighted by Gasteiger charge is -2.06. The van der Waals surface area contributed by atoms with Crippen molar-refractivity contribution in [3.8, 4) is 0 Å². The number of aromatic nitrogens is 1. The van der Waals surface area contributed by atoms with Crippen LogP contribution in [0.4, 0.5) is 0 Å². The van der Waals surface area contributed by atoms with Gasteiger partial charge in [0.2, 0.25) is 0 Å². The highest BCUT2D eigenvalue weighted by atomic mass is 35.5. The molecular weight excluding hydrogens is 268 g/mol. The van der Waals surface area contributed by atoms with Gasteiger partial charge < -0.3 is 5.32 Å². The Hall–Kier alpha value is -1.90. The molecule has 0 fully saturated rings. The predicted octanol–water partition coefficient (Wildman–Crippen LogP) is 4.18. The first-order valence-corrected chi connectivity index (χ1v) is 6.98. The number of hydrogen-bond donors (Lipinski definition) is 1. The number of hydrogen-bond acceptors (Lipinski definition) is 2. The first-order chi connectivity index (χ1) is 9.81. The van der Waals surface area contributed by atoms with E-state index >= 15 is 0 Å². The van der Waals surface area contributed by atoms with Crippen molar-refractivity contribution in [2.75, 3.05) is 0 Å². The van der Waals surface area contributed by atoms with Crippen LogP contribution in [0.25, 0.3) is 10.9 Å². The molecule has 100 valence electrons. The molecule has 1 heterocycles. The molecule has 0 aliphatic carbocycles. The molecule has 0 radical (unpaired) electrons. The Morgan fingerprint density at radius 3 is 2.50 bits per heavy atom. The van der Waals surface area contributed by atoms with Crippen LogP contribution in [0.1, 0.15) is 11.1 Å². The summed E-state index contributed by atoms with van der Waals surface area (Å²) in [4.78, 5) is 4.33. The van der Waals surface area contributed by atoms with Gasteiger partial charge >= 0.3 is 0 Å². The second kappa shape index (κ2) is 6.04. The van der Waals surface area contributed by atoms with E-state index in [2.05, 4.69) is 34.6 Å². The molecule has 3 heteroatoms. The standard InChI is InChI=1S/C17H15ClN2/c18-16-6-3-13(4-7-16)11-19-12-14-5-8-17-15(10-14)2-1-9-20-17/h1-10,19H,11-12H2. The van der Waals surface area contributed by atoms with E-state index in [4.69, 9.17) is 11.6 Å². The summed E-state index contributed by atoms with van der Waals surface area (Å²) in [5.41, 5.74) is 3.53. The second-order valence-electron chi connectivity index (χ2n) is 4.76. The quantitative estimate of drug-likeness (QED) is 0.776. The van der Waals surface area contributed by atoms with E-state index in [1.54, 1.807) is 0 Å². The molecule has 0 aliphatic heterocycles. The van der Waals surface area contributed by atoms with Gasteiger partial charge in [-0.15, -0.1) is 0 Å². The third-order valence-electron chi connectivity index (χ3n) is 3.24. The molecule has 1 N–H and O–H groups in total. The first kappa shape index (κ1) is 13.1. The molecule has 3 rings (SSSR count). The summed E-state index contributed by atoms with van der Waals surface area (Å²) in [7, 11) is 0. The van der Waals surface area contributed by atoms with Crippen molar-refractivity contribution < 1.29 is 0 Å².